The second-order valence-electron chi connectivity index (χ2n) is 3.79. The molecular weight excluding hydrogens is 280 g/mol. The Labute approximate surface area is 109 Å². The summed E-state index contributed by atoms with van der Waals surface area (Å²) in [6.07, 6.45) is 5.63. The van der Waals surface area contributed by atoms with Gasteiger partial charge in [0.1, 0.15) is 0 Å². The molecule has 17 heavy (non-hydrogen) atoms. The molecule has 0 atom stereocenters. The van der Waals surface area contributed by atoms with Gasteiger partial charge >= 0.3 is 0 Å². The number of aromatic nitrogens is 3. The zero-order chi connectivity index (χ0) is 12.1. The van der Waals surface area contributed by atoms with Crippen molar-refractivity contribution in [3.8, 4) is 0 Å². The van der Waals surface area contributed by atoms with Crippen LogP contribution in [-0.2, 0) is 13.1 Å². The van der Waals surface area contributed by atoms with Crippen molar-refractivity contribution in [2.45, 2.75) is 20.0 Å². The molecule has 0 aliphatic carbocycles. The zero-order valence-electron chi connectivity index (χ0n) is 9.73. The van der Waals surface area contributed by atoms with E-state index in [-0.39, 0.29) is 0 Å². The molecule has 0 aliphatic rings. The molecule has 2 rings (SSSR count). The highest BCUT2D eigenvalue weighted by Crippen LogP contribution is 2.08. The summed E-state index contributed by atoms with van der Waals surface area (Å²) < 4.78 is 2.84. The Morgan fingerprint density at radius 2 is 2.24 bits per heavy atom. The zero-order valence-corrected chi connectivity index (χ0v) is 11.3. The quantitative estimate of drug-likeness (QED) is 0.919. The van der Waals surface area contributed by atoms with E-state index in [1.807, 2.05) is 23.1 Å². The third kappa shape index (κ3) is 3.64. The molecule has 2 aromatic heterocycles. The summed E-state index contributed by atoms with van der Waals surface area (Å²) >= 11 is 3.37. The minimum Gasteiger partial charge on any atom is -0.313 e. The minimum atomic E-state index is 0.701. The van der Waals surface area contributed by atoms with Crippen molar-refractivity contribution in [2.75, 3.05) is 6.54 Å². The first-order valence-electron chi connectivity index (χ1n) is 5.60. The number of nitrogens with one attached hydrogen (secondary N) is 1. The van der Waals surface area contributed by atoms with Crippen LogP contribution in [0.25, 0.3) is 0 Å². The SMILES string of the molecule is CCNCc1ccc(Cn2cc(Br)cn2)nc1. The fraction of sp³-hybridized carbons (Fsp3) is 0.333. The maximum Gasteiger partial charge on any atom is 0.0831 e. The summed E-state index contributed by atoms with van der Waals surface area (Å²) in [4.78, 5) is 4.42. The molecule has 0 unspecified atom stereocenters. The normalized spacial score (nSPS) is 10.7. The van der Waals surface area contributed by atoms with E-state index in [2.05, 4.69) is 44.3 Å². The Morgan fingerprint density at radius 3 is 2.82 bits per heavy atom. The van der Waals surface area contributed by atoms with E-state index in [1.165, 1.54) is 5.56 Å². The van der Waals surface area contributed by atoms with Crippen LogP contribution in [0.2, 0.25) is 0 Å². The topological polar surface area (TPSA) is 42.7 Å². The Bertz CT molecular complexity index is 464. The van der Waals surface area contributed by atoms with Crippen molar-refractivity contribution in [1.82, 2.24) is 20.1 Å². The maximum absolute atomic E-state index is 4.42. The van der Waals surface area contributed by atoms with Crippen LogP contribution in [0.3, 0.4) is 0 Å². The molecule has 2 heterocycles. The Balaban J connectivity index is 1.98. The summed E-state index contributed by atoms with van der Waals surface area (Å²) in [5.41, 5.74) is 2.22. The van der Waals surface area contributed by atoms with Gasteiger partial charge in [-0.05, 0) is 34.1 Å². The molecule has 0 aliphatic heterocycles. The fourth-order valence-electron chi connectivity index (χ4n) is 1.51. The van der Waals surface area contributed by atoms with Crippen LogP contribution in [-0.4, -0.2) is 21.3 Å². The smallest absolute Gasteiger partial charge is 0.0831 e. The third-order valence-electron chi connectivity index (χ3n) is 2.39. The number of halogens is 1. The minimum absolute atomic E-state index is 0.701. The molecule has 5 heteroatoms. The van der Waals surface area contributed by atoms with E-state index in [0.717, 1.165) is 23.3 Å². The number of rotatable bonds is 5. The van der Waals surface area contributed by atoms with Crippen molar-refractivity contribution >= 4 is 15.9 Å². The van der Waals surface area contributed by atoms with Crippen molar-refractivity contribution in [1.29, 1.82) is 0 Å². The molecule has 0 fully saturated rings. The molecule has 2 aromatic rings. The second kappa shape index (κ2) is 5.93. The van der Waals surface area contributed by atoms with Crippen LogP contribution in [0, 0.1) is 0 Å². The predicted molar refractivity (Wildman–Crippen MR) is 70.6 cm³/mol. The lowest BCUT2D eigenvalue weighted by Gasteiger charge is -2.04. The predicted octanol–water partition coefficient (Wildman–Crippen LogP) is 2.20. The van der Waals surface area contributed by atoms with E-state index in [0.29, 0.717) is 6.54 Å². The van der Waals surface area contributed by atoms with Gasteiger partial charge in [0.25, 0.3) is 0 Å². The van der Waals surface area contributed by atoms with Gasteiger partial charge in [-0.25, -0.2) is 0 Å². The lowest BCUT2D eigenvalue weighted by atomic mass is 10.2. The van der Waals surface area contributed by atoms with Gasteiger partial charge in [0.05, 0.1) is 22.9 Å². The van der Waals surface area contributed by atoms with E-state index in [9.17, 15) is 0 Å². The Morgan fingerprint density at radius 1 is 1.35 bits per heavy atom. The number of pyridine rings is 1. The molecule has 0 aromatic carbocycles. The Hall–Kier alpha value is -1.20. The summed E-state index contributed by atoms with van der Waals surface area (Å²) in [7, 11) is 0. The van der Waals surface area contributed by atoms with E-state index in [4.69, 9.17) is 0 Å². The van der Waals surface area contributed by atoms with Gasteiger partial charge in [-0.2, -0.15) is 5.10 Å². The van der Waals surface area contributed by atoms with Gasteiger partial charge in [-0.1, -0.05) is 13.0 Å². The number of hydrogen-bond acceptors (Lipinski definition) is 3. The second-order valence-corrected chi connectivity index (χ2v) is 4.71. The van der Waals surface area contributed by atoms with Crippen molar-refractivity contribution < 1.29 is 0 Å². The lowest BCUT2D eigenvalue weighted by molar-refractivity contribution is 0.669. The van der Waals surface area contributed by atoms with Crippen molar-refractivity contribution in [3.63, 3.8) is 0 Å². The van der Waals surface area contributed by atoms with Crippen LogP contribution < -0.4 is 5.32 Å². The molecule has 0 amide bonds. The lowest BCUT2D eigenvalue weighted by Crippen LogP contribution is -2.12. The van der Waals surface area contributed by atoms with Gasteiger partial charge < -0.3 is 5.32 Å². The highest BCUT2D eigenvalue weighted by molar-refractivity contribution is 9.10. The van der Waals surface area contributed by atoms with Crippen LogP contribution in [0.15, 0.2) is 35.2 Å². The molecule has 0 bridgehead atoms. The molecule has 0 spiro atoms. The maximum atomic E-state index is 4.42. The first kappa shape index (κ1) is 12.3. The summed E-state index contributed by atoms with van der Waals surface area (Å²) in [6.45, 7) is 4.64. The van der Waals surface area contributed by atoms with Gasteiger partial charge in [-0.3, -0.25) is 9.67 Å². The molecule has 0 radical (unpaired) electrons. The standard InChI is InChI=1S/C12H15BrN4/c1-2-14-5-10-3-4-12(15-6-10)9-17-8-11(13)7-16-17/h3-4,6-8,14H,2,5,9H2,1H3. The highest BCUT2D eigenvalue weighted by Gasteiger charge is 1.99. The number of hydrogen-bond donors (Lipinski definition) is 1. The Kier molecular flexibility index (Phi) is 4.28. The molecule has 1 N–H and O–H groups in total. The van der Waals surface area contributed by atoms with E-state index >= 15 is 0 Å². The van der Waals surface area contributed by atoms with Crippen LogP contribution >= 0.6 is 15.9 Å². The van der Waals surface area contributed by atoms with Gasteiger partial charge in [0, 0.05) is 18.9 Å². The average Bonchev–Trinajstić information content (AvgIpc) is 2.74. The van der Waals surface area contributed by atoms with E-state index in [1.54, 1.807) is 6.20 Å². The van der Waals surface area contributed by atoms with Crippen molar-refractivity contribution in [3.05, 3.63) is 46.5 Å². The van der Waals surface area contributed by atoms with Gasteiger partial charge in [0.15, 0.2) is 0 Å². The summed E-state index contributed by atoms with van der Waals surface area (Å²) in [5, 5.41) is 7.47. The third-order valence-corrected chi connectivity index (χ3v) is 2.80. The molecular formula is C12H15BrN4. The van der Waals surface area contributed by atoms with E-state index < -0.39 is 0 Å². The number of nitrogens with zero attached hydrogens (tertiary/aromatic N) is 3. The summed E-state index contributed by atoms with van der Waals surface area (Å²) in [6, 6.07) is 4.14. The van der Waals surface area contributed by atoms with Crippen LogP contribution in [0.1, 0.15) is 18.2 Å². The van der Waals surface area contributed by atoms with Gasteiger partial charge in [0.2, 0.25) is 0 Å². The monoisotopic (exact) mass is 294 g/mol. The van der Waals surface area contributed by atoms with Crippen LogP contribution in [0.4, 0.5) is 0 Å². The summed E-state index contributed by atoms with van der Waals surface area (Å²) in [5.74, 6) is 0. The molecule has 0 saturated heterocycles. The van der Waals surface area contributed by atoms with Crippen LogP contribution in [0.5, 0.6) is 0 Å². The first-order chi connectivity index (χ1) is 8.28. The molecule has 0 saturated carbocycles. The van der Waals surface area contributed by atoms with Gasteiger partial charge in [-0.15, -0.1) is 0 Å². The largest absolute Gasteiger partial charge is 0.313 e. The first-order valence-corrected chi connectivity index (χ1v) is 6.39. The fourth-order valence-corrected chi connectivity index (χ4v) is 1.84. The molecule has 4 nitrogen and oxygen atoms in total. The highest BCUT2D eigenvalue weighted by atomic mass is 79.9. The molecule has 90 valence electrons. The average molecular weight is 295 g/mol. The van der Waals surface area contributed by atoms with Crippen molar-refractivity contribution in [2.24, 2.45) is 0 Å².